The zero-order valence-corrected chi connectivity index (χ0v) is 13.4. The summed E-state index contributed by atoms with van der Waals surface area (Å²) in [6.45, 7) is 1.86. The molecule has 1 aliphatic rings. The molecule has 0 saturated carbocycles. The van der Waals surface area contributed by atoms with E-state index in [4.69, 9.17) is 4.74 Å². The average molecular weight is 342 g/mol. The van der Waals surface area contributed by atoms with E-state index in [0.29, 0.717) is 24.2 Å². The molecule has 4 nitrogen and oxygen atoms in total. The number of piperidine rings is 1. The Labute approximate surface area is 137 Å². The van der Waals surface area contributed by atoms with Crippen LogP contribution in [0.4, 0.5) is 4.39 Å². The molecule has 6 heteroatoms. The van der Waals surface area contributed by atoms with E-state index in [1.54, 1.807) is 12.1 Å². The molecule has 1 aliphatic heterocycles. The minimum absolute atomic E-state index is 0. The molecule has 0 bridgehead atoms. The Morgan fingerprint density at radius 3 is 2.79 bits per heavy atom. The van der Waals surface area contributed by atoms with Gasteiger partial charge in [-0.15, -0.1) is 0 Å². The number of amides is 2. The SMILES string of the molecule is CCc1ccc(OC2CCC(=O)NC2=O)cc1F.[HH].[Y]. The van der Waals surface area contributed by atoms with Crippen LogP contribution in [0.5, 0.6) is 5.75 Å². The van der Waals surface area contributed by atoms with Gasteiger partial charge in [0.05, 0.1) is 0 Å². The van der Waals surface area contributed by atoms with Crippen LogP contribution in [-0.4, -0.2) is 17.9 Å². The zero-order valence-electron chi connectivity index (χ0n) is 10.6. The molecular formula is C13H16FNO3Y. The van der Waals surface area contributed by atoms with Crippen molar-refractivity contribution in [1.82, 2.24) is 5.32 Å². The van der Waals surface area contributed by atoms with E-state index in [1.165, 1.54) is 6.07 Å². The van der Waals surface area contributed by atoms with Crippen molar-refractivity contribution in [3.05, 3.63) is 29.6 Å². The molecule has 1 unspecified atom stereocenters. The normalized spacial score (nSPS) is 18.5. The van der Waals surface area contributed by atoms with Gasteiger partial charge in [-0.05, 0) is 18.1 Å². The van der Waals surface area contributed by atoms with Crippen LogP contribution in [0.2, 0.25) is 0 Å². The molecule has 1 N–H and O–H groups in total. The predicted molar refractivity (Wildman–Crippen MR) is 64.7 cm³/mol. The number of rotatable bonds is 3. The van der Waals surface area contributed by atoms with E-state index in [2.05, 4.69) is 5.32 Å². The summed E-state index contributed by atoms with van der Waals surface area (Å²) in [6, 6.07) is 4.53. The van der Waals surface area contributed by atoms with Crippen molar-refractivity contribution in [3.8, 4) is 5.75 Å². The van der Waals surface area contributed by atoms with E-state index >= 15 is 0 Å². The molecule has 1 aromatic carbocycles. The van der Waals surface area contributed by atoms with Crippen molar-refractivity contribution in [3.63, 3.8) is 0 Å². The third-order valence-corrected chi connectivity index (χ3v) is 2.87. The molecule has 19 heavy (non-hydrogen) atoms. The topological polar surface area (TPSA) is 55.4 Å². The molecule has 2 amide bonds. The van der Waals surface area contributed by atoms with E-state index in [1.807, 2.05) is 6.92 Å². The Hall–Kier alpha value is -0.806. The number of ether oxygens (including phenoxy) is 1. The molecule has 101 valence electrons. The number of halogens is 1. The fourth-order valence-electron chi connectivity index (χ4n) is 1.84. The number of carbonyl (C=O) groups is 2. The van der Waals surface area contributed by atoms with Crippen molar-refractivity contribution >= 4 is 11.8 Å². The minimum atomic E-state index is -0.727. The van der Waals surface area contributed by atoms with Gasteiger partial charge < -0.3 is 4.74 Å². The first-order valence-corrected chi connectivity index (χ1v) is 5.89. The van der Waals surface area contributed by atoms with Gasteiger partial charge in [-0.3, -0.25) is 14.9 Å². The van der Waals surface area contributed by atoms with Crippen molar-refractivity contribution < 1.29 is 52.9 Å². The van der Waals surface area contributed by atoms with Gasteiger partial charge in [0.1, 0.15) is 11.6 Å². The Bertz CT molecular complexity index is 499. The van der Waals surface area contributed by atoms with Crippen LogP contribution < -0.4 is 10.1 Å². The number of carbonyl (C=O) groups excluding carboxylic acids is 2. The monoisotopic (exact) mass is 342 g/mol. The van der Waals surface area contributed by atoms with Gasteiger partial charge in [0.25, 0.3) is 5.91 Å². The van der Waals surface area contributed by atoms with E-state index < -0.39 is 12.0 Å². The summed E-state index contributed by atoms with van der Waals surface area (Å²) in [5.41, 5.74) is 0.602. The molecule has 1 radical (unpaired) electrons. The van der Waals surface area contributed by atoms with Crippen LogP contribution in [0.1, 0.15) is 26.8 Å². The van der Waals surface area contributed by atoms with Gasteiger partial charge in [0.2, 0.25) is 5.91 Å². The molecule has 1 fully saturated rings. The molecule has 2 rings (SSSR count). The first kappa shape index (κ1) is 16.2. The Morgan fingerprint density at radius 2 is 2.21 bits per heavy atom. The summed E-state index contributed by atoms with van der Waals surface area (Å²) in [7, 11) is 0. The number of aryl methyl sites for hydroxylation is 1. The summed E-state index contributed by atoms with van der Waals surface area (Å²) in [6.07, 6.45) is 0.438. The van der Waals surface area contributed by atoms with Gasteiger partial charge in [-0.2, -0.15) is 0 Å². The van der Waals surface area contributed by atoms with Crippen LogP contribution in [0.15, 0.2) is 18.2 Å². The third kappa shape index (κ3) is 4.08. The molecular weight excluding hydrogens is 326 g/mol. The number of hydrogen-bond acceptors (Lipinski definition) is 3. The van der Waals surface area contributed by atoms with Gasteiger partial charge in [-0.25, -0.2) is 4.39 Å². The number of nitrogens with one attached hydrogen (secondary N) is 1. The maximum Gasteiger partial charge on any atom is 0.267 e. The van der Waals surface area contributed by atoms with Gasteiger partial charge >= 0.3 is 0 Å². The van der Waals surface area contributed by atoms with Gasteiger partial charge in [-0.1, -0.05) is 13.0 Å². The van der Waals surface area contributed by atoms with Crippen molar-refractivity contribution in [2.75, 3.05) is 0 Å². The maximum atomic E-state index is 13.5. The maximum absolute atomic E-state index is 13.5. The first-order valence-electron chi connectivity index (χ1n) is 5.89. The van der Waals surface area contributed by atoms with Gasteiger partial charge in [0, 0.05) is 53.0 Å². The quantitative estimate of drug-likeness (QED) is 0.853. The summed E-state index contributed by atoms with van der Waals surface area (Å²) in [5.74, 6) is -0.805. The molecule has 1 atom stereocenters. The molecule has 0 spiro atoms. The van der Waals surface area contributed by atoms with E-state index in [9.17, 15) is 14.0 Å². The molecule has 1 aromatic rings. The Kier molecular flexibility index (Phi) is 6.08. The molecule has 1 heterocycles. The number of hydrogen-bond donors (Lipinski definition) is 1. The average Bonchev–Trinajstić information content (AvgIpc) is 2.33. The molecule has 0 aromatic heterocycles. The largest absolute Gasteiger partial charge is 0.480 e. The van der Waals surface area contributed by atoms with Crippen molar-refractivity contribution in [2.45, 2.75) is 32.3 Å². The van der Waals surface area contributed by atoms with Crippen LogP contribution in [0.3, 0.4) is 0 Å². The number of benzene rings is 1. The summed E-state index contributed by atoms with van der Waals surface area (Å²) >= 11 is 0. The van der Waals surface area contributed by atoms with Gasteiger partial charge in [0.15, 0.2) is 6.10 Å². The minimum Gasteiger partial charge on any atom is -0.480 e. The second-order valence-corrected chi connectivity index (χ2v) is 4.16. The summed E-state index contributed by atoms with van der Waals surface area (Å²) < 4.78 is 18.9. The smallest absolute Gasteiger partial charge is 0.267 e. The summed E-state index contributed by atoms with van der Waals surface area (Å²) in [5, 5.41) is 2.19. The third-order valence-electron chi connectivity index (χ3n) is 2.87. The second-order valence-electron chi connectivity index (χ2n) is 4.16. The molecule has 1 saturated heterocycles. The fraction of sp³-hybridized carbons (Fsp3) is 0.385. The van der Waals surface area contributed by atoms with Crippen LogP contribution in [0.25, 0.3) is 0 Å². The second kappa shape index (κ2) is 7.10. The predicted octanol–water partition coefficient (Wildman–Crippen LogP) is 1.82. The summed E-state index contributed by atoms with van der Waals surface area (Å²) in [4.78, 5) is 22.4. The first-order chi connectivity index (χ1) is 8.60. The van der Waals surface area contributed by atoms with E-state index in [0.717, 1.165) is 0 Å². The fourth-order valence-corrected chi connectivity index (χ4v) is 1.84. The number of imide groups is 1. The van der Waals surface area contributed by atoms with Crippen LogP contribution in [0, 0.1) is 5.82 Å². The van der Waals surface area contributed by atoms with Crippen LogP contribution >= 0.6 is 0 Å². The zero-order chi connectivity index (χ0) is 13.1. The van der Waals surface area contributed by atoms with Crippen molar-refractivity contribution in [2.24, 2.45) is 0 Å². The Morgan fingerprint density at radius 1 is 1.47 bits per heavy atom. The van der Waals surface area contributed by atoms with Crippen LogP contribution in [-0.2, 0) is 48.7 Å². The molecule has 0 aliphatic carbocycles. The van der Waals surface area contributed by atoms with Crippen molar-refractivity contribution in [1.29, 1.82) is 0 Å². The standard InChI is InChI=1S/C13H14FNO3.Y.H2/c1-2-8-3-4-9(7-10(8)14)18-11-5-6-12(16)15-13(11)17;;/h3-4,7,11H,2,5-6H2,1H3,(H,15,16,17);;1H. The van der Waals surface area contributed by atoms with E-state index in [-0.39, 0.29) is 52.3 Å². The Balaban J connectivity index is 0.00000180.